The zero-order valence-corrected chi connectivity index (χ0v) is 14.6. The average Bonchev–Trinajstić information content (AvgIpc) is 2.81. The van der Waals surface area contributed by atoms with Gasteiger partial charge < -0.3 is 9.72 Å². The van der Waals surface area contributed by atoms with E-state index in [9.17, 15) is 4.79 Å². The van der Waals surface area contributed by atoms with Crippen molar-refractivity contribution in [2.45, 2.75) is 41.2 Å². The Kier molecular flexibility index (Phi) is 3.78. The number of carbonyl (C=O) groups is 1. The van der Waals surface area contributed by atoms with E-state index in [2.05, 4.69) is 51.0 Å². The topological polar surface area (TPSA) is 46.4 Å². The fourth-order valence-corrected chi connectivity index (χ4v) is 3.38. The molecule has 2 aromatic heterocycles. The van der Waals surface area contributed by atoms with E-state index < -0.39 is 0 Å². The van der Waals surface area contributed by atoms with Gasteiger partial charge in [-0.05, 0) is 43.7 Å². The minimum Gasteiger partial charge on any atom is -0.350 e. The third kappa shape index (κ3) is 3.03. The molecule has 1 amide bonds. The second kappa shape index (κ2) is 5.52. The van der Waals surface area contributed by atoms with Gasteiger partial charge in [-0.1, -0.05) is 31.6 Å². The van der Waals surface area contributed by atoms with Crippen LogP contribution in [0.1, 0.15) is 39.0 Å². The summed E-state index contributed by atoms with van der Waals surface area (Å²) in [5.74, 6) is 0.540. The van der Waals surface area contributed by atoms with Crippen LogP contribution in [-0.2, 0) is 11.3 Å². The number of imidazole rings is 1. The van der Waals surface area contributed by atoms with Crippen LogP contribution in [0.15, 0.2) is 36.2 Å². The molecule has 0 aromatic carbocycles. The minimum atomic E-state index is 0.0530. The van der Waals surface area contributed by atoms with Crippen molar-refractivity contribution >= 4 is 11.6 Å². The molecule has 1 saturated carbocycles. The average molecular weight is 311 g/mol. The van der Waals surface area contributed by atoms with Gasteiger partial charge in [-0.3, -0.25) is 4.79 Å². The lowest BCUT2D eigenvalue weighted by Gasteiger charge is -2.04. The van der Waals surface area contributed by atoms with Crippen LogP contribution >= 0.6 is 0 Å². The molecule has 2 atom stereocenters. The normalized spacial score (nSPS) is 22.0. The summed E-state index contributed by atoms with van der Waals surface area (Å²) in [7, 11) is 0. The fourth-order valence-electron chi connectivity index (χ4n) is 3.38. The highest BCUT2D eigenvalue weighted by atomic mass is 16.2. The summed E-state index contributed by atoms with van der Waals surface area (Å²) in [6.07, 6.45) is 6.24. The minimum absolute atomic E-state index is 0.0530. The molecule has 0 radical (unpaired) electrons. The number of carbonyl (C=O) groups excluding carboxylic acids is 1. The molecule has 0 spiro atoms. The maximum atomic E-state index is 12.5. The quantitative estimate of drug-likeness (QED) is 0.879. The third-order valence-corrected chi connectivity index (χ3v) is 4.80. The van der Waals surface area contributed by atoms with Gasteiger partial charge in [-0.2, -0.15) is 0 Å². The summed E-state index contributed by atoms with van der Waals surface area (Å²) in [6, 6.07) is 4.04. The van der Waals surface area contributed by atoms with Crippen molar-refractivity contribution in [2.75, 3.05) is 0 Å². The van der Waals surface area contributed by atoms with Crippen molar-refractivity contribution in [3.63, 3.8) is 0 Å². The van der Waals surface area contributed by atoms with E-state index in [-0.39, 0.29) is 17.2 Å². The van der Waals surface area contributed by atoms with E-state index >= 15 is 0 Å². The first-order valence-corrected chi connectivity index (χ1v) is 8.16. The van der Waals surface area contributed by atoms with Gasteiger partial charge >= 0.3 is 0 Å². The molecule has 0 bridgehead atoms. The molecule has 1 N–H and O–H groups in total. The van der Waals surface area contributed by atoms with E-state index in [4.69, 9.17) is 0 Å². The van der Waals surface area contributed by atoms with Crippen LogP contribution in [-0.4, -0.2) is 15.3 Å². The van der Waals surface area contributed by atoms with Gasteiger partial charge in [0, 0.05) is 12.4 Å². The fraction of sp³-hybridized carbons (Fsp3) is 0.474. The lowest BCUT2D eigenvalue weighted by Crippen LogP contribution is -2.26. The monoisotopic (exact) mass is 311 g/mol. The van der Waals surface area contributed by atoms with Crippen molar-refractivity contribution in [3.8, 4) is 0 Å². The third-order valence-electron chi connectivity index (χ3n) is 4.80. The van der Waals surface area contributed by atoms with Gasteiger partial charge in [0.25, 0.3) is 0 Å². The van der Waals surface area contributed by atoms with Crippen molar-refractivity contribution in [1.82, 2.24) is 14.7 Å². The Morgan fingerprint density at radius 2 is 2.09 bits per heavy atom. The number of aromatic nitrogens is 2. The molecule has 2 heterocycles. The summed E-state index contributed by atoms with van der Waals surface area (Å²) >= 11 is 0. The van der Waals surface area contributed by atoms with E-state index in [1.54, 1.807) is 0 Å². The zero-order chi connectivity index (χ0) is 16.8. The second-order valence-electron chi connectivity index (χ2n) is 7.49. The Balaban J connectivity index is 1.66. The maximum Gasteiger partial charge on any atom is 0.224 e. The number of nitrogens with zero attached hydrogens (tertiary/aromatic N) is 2. The summed E-state index contributed by atoms with van der Waals surface area (Å²) in [6.45, 7) is 11.0. The Hall–Kier alpha value is -2.10. The van der Waals surface area contributed by atoms with Crippen LogP contribution in [0, 0.1) is 24.2 Å². The Labute approximate surface area is 137 Å². The number of pyridine rings is 1. The first-order chi connectivity index (χ1) is 10.8. The summed E-state index contributed by atoms with van der Waals surface area (Å²) in [5, 5.41) is 3.05. The number of allylic oxidation sites excluding steroid dienone is 2. The first-order valence-electron chi connectivity index (χ1n) is 8.16. The number of amides is 1. The maximum absolute atomic E-state index is 12.5. The van der Waals surface area contributed by atoms with Crippen molar-refractivity contribution < 1.29 is 4.79 Å². The van der Waals surface area contributed by atoms with Crippen LogP contribution in [0.4, 0.5) is 0 Å². The van der Waals surface area contributed by atoms with Crippen molar-refractivity contribution in [2.24, 2.45) is 17.3 Å². The predicted molar refractivity (Wildman–Crippen MR) is 92.0 cm³/mol. The van der Waals surface area contributed by atoms with Crippen LogP contribution in [0.25, 0.3) is 5.65 Å². The highest BCUT2D eigenvalue weighted by Gasteiger charge is 2.60. The van der Waals surface area contributed by atoms with Gasteiger partial charge in [0.1, 0.15) is 5.65 Å². The number of rotatable bonds is 4. The van der Waals surface area contributed by atoms with E-state index in [0.717, 1.165) is 11.3 Å². The van der Waals surface area contributed by atoms with Crippen LogP contribution in [0.5, 0.6) is 0 Å². The first kappa shape index (κ1) is 15.8. The molecule has 1 fully saturated rings. The van der Waals surface area contributed by atoms with Gasteiger partial charge in [-0.15, -0.1) is 0 Å². The Morgan fingerprint density at radius 1 is 1.35 bits per heavy atom. The SMILES string of the molecule is CC(C)=C[C@H]1[C@H](C(=O)NCc2cn3cc(C)ccc3n2)C1(C)C. The lowest BCUT2D eigenvalue weighted by molar-refractivity contribution is -0.123. The highest BCUT2D eigenvalue weighted by Crippen LogP contribution is 2.59. The number of hydrogen-bond donors (Lipinski definition) is 1. The van der Waals surface area contributed by atoms with Crippen molar-refractivity contribution in [1.29, 1.82) is 0 Å². The molecule has 4 heteroatoms. The number of hydrogen-bond acceptors (Lipinski definition) is 2. The zero-order valence-electron chi connectivity index (χ0n) is 14.6. The smallest absolute Gasteiger partial charge is 0.224 e. The summed E-state index contributed by atoms with van der Waals surface area (Å²) in [4.78, 5) is 17.0. The lowest BCUT2D eigenvalue weighted by atomic mass is 10.1. The van der Waals surface area contributed by atoms with Crippen LogP contribution in [0.3, 0.4) is 0 Å². The molecule has 122 valence electrons. The van der Waals surface area contributed by atoms with Gasteiger partial charge in [0.15, 0.2) is 0 Å². The summed E-state index contributed by atoms with van der Waals surface area (Å²) < 4.78 is 2.00. The molecular formula is C19H25N3O. The molecular weight excluding hydrogens is 286 g/mol. The Bertz CT molecular complexity index is 781. The molecule has 23 heavy (non-hydrogen) atoms. The number of nitrogens with one attached hydrogen (secondary N) is 1. The largest absolute Gasteiger partial charge is 0.350 e. The molecule has 4 nitrogen and oxygen atoms in total. The molecule has 1 aliphatic rings. The van der Waals surface area contributed by atoms with E-state index in [0.29, 0.717) is 12.5 Å². The summed E-state index contributed by atoms with van der Waals surface area (Å²) in [5.41, 5.74) is 4.32. The van der Waals surface area contributed by atoms with Crippen LogP contribution < -0.4 is 5.32 Å². The molecule has 0 saturated heterocycles. The van der Waals surface area contributed by atoms with E-state index in [1.165, 1.54) is 11.1 Å². The second-order valence-corrected chi connectivity index (χ2v) is 7.49. The number of aryl methyl sites for hydroxylation is 1. The molecule has 3 rings (SSSR count). The Morgan fingerprint density at radius 3 is 2.78 bits per heavy atom. The molecule has 2 aromatic rings. The van der Waals surface area contributed by atoms with Crippen molar-refractivity contribution in [3.05, 3.63) is 47.4 Å². The number of fused-ring (bicyclic) bond motifs is 1. The standard InChI is InChI=1S/C19H25N3O/c1-12(2)8-15-17(19(15,4)5)18(23)20-9-14-11-22-10-13(3)6-7-16(22)21-14/h6-8,10-11,15,17H,9H2,1-5H3,(H,20,23)/t15-,17+/m0/s1. The molecule has 0 unspecified atom stereocenters. The van der Waals surface area contributed by atoms with Gasteiger partial charge in [0.05, 0.1) is 18.2 Å². The van der Waals surface area contributed by atoms with Gasteiger partial charge in [0.2, 0.25) is 5.91 Å². The van der Waals surface area contributed by atoms with E-state index in [1.807, 2.05) is 28.9 Å². The molecule has 1 aliphatic carbocycles. The van der Waals surface area contributed by atoms with Crippen LogP contribution in [0.2, 0.25) is 0 Å². The highest BCUT2D eigenvalue weighted by molar-refractivity contribution is 5.83. The molecule has 0 aliphatic heterocycles. The van der Waals surface area contributed by atoms with Gasteiger partial charge in [-0.25, -0.2) is 4.98 Å². The predicted octanol–water partition coefficient (Wildman–Crippen LogP) is 3.50.